The Morgan fingerprint density at radius 1 is 1.38 bits per heavy atom. The van der Waals surface area contributed by atoms with E-state index in [-0.39, 0.29) is 22.7 Å². The second kappa shape index (κ2) is 4.97. The summed E-state index contributed by atoms with van der Waals surface area (Å²) < 4.78 is 9.12. The minimum atomic E-state index is -0.780. The molecule has 3 aromatic rings. The number of fused-ring (bicyclic) bond motifs is 1. The van der Waals surface area contributed by atoms with Gasteiger partial charge in [0.1, 0.15) is 16.7 Å². The van der Waals surface area contributed by atoms with Gasteiger partial charge in [-0.1, -0.05) is 18.5 Å². The van der Waals surface area contributed by atoms with Crippen molar-refractivity contribution in [2.24, 2.45) is 0 Å². The molecule has 0 aliphatic rings. The van der Waals surface area contributed by atoms with E-state index in [2.05, 4.69) is 13.7 Å². The molecule has 2 aromatic heterocycles. The molecule has 0 saturated heterocycles. The fourth-order valence-electron chi connectivity index (χ4n) is 2.11. The van der Waals surface area contributed by atoms with Gasteiger partial charge in [-0.2, -0.15) is 8.75 Å². The minimum Gasteiger partial charge on any atom is -0.494 e. The standard InChI is InChI=1S/C12H9ClN4O3S/c1-2-5-10(18)14-12(20)17(11(5)19)9-6(13)3-4-7-8(9)16-21-15-7/h3-4,19H,2H2,1H3,(H,14,18,20). The number of aromatic nitrogens is 4. The van der Waals surface area contributed by atoms with Crippen molar-refractivity contribution in [1.82, 2.24) is 18.3 Å². The summed E-state index contributed by atoms with van der Waals surface area (Å²) in [5, 5.41) is 10.5. The van der Waals surface area contributed by atoms with Crippen molar-refractivity contribution in [2.45, 2.75) is 13.3 Å². The van der Waals surface area contributed by atoms with Gasteiger partial charge in [-0.05, 0) is 18.6 Å². The molecular formula is C12H9ClN4O3S. The first-order chi connectivity index (χ1) is 10.0. The van der Waals surface area contributed by atoms with E-state index in [0.29, 0.717) is 11.0 Å². The SMILES string of the molecule is CCc1c(O)n(-c2c(Cl)ccc3nsnc23)c(=O)[nH]c1=O. The minimum absolute atomic E-state index is 0.103. The topological polar surface area (TPSA) is 101 Å². The highest BCUT2D eigenvalue weighted by Gasteiger charge is 2.19. The van der Waals surface area contributed by atoms with Crippen LogP contribution >= 0.6 is 23.3 Å². The zero-order valence-corrected chi connectivity index (χ0v) is 12.3. The van der Waals surface area contributed by atoms with Crippen LogP contribution in [0.2, 0.25) is 5.02 Å². The number of nitrogens with one attached hydrogen (secondary N) is 1. The number of rotatable bonds is 2. The Balaban J connectivity index is 2.49. The maximum atomic E-state index is 12.1. The van der Waals surface area contributed by atoms with Crippen LogP contribution in [0.15, 0.2) is 21.7 Å². The summed E-state index contributed by atoms with van der Waals surface area (Å²) >= 11 is 7.12. The molecule has 0 spiro atoms. The Hall–Kier alpha value is -2.19. The van der Waals surface area contributed by atoms with Crippen LogP contribution in [-0.4, -0.2) is 23.4 Å². The van der Waals surface area contributed by atoms with Gasteiger partial charge in [-0.3, -0.25) is 9.78 Å². The molecule has 7 nitrogen and oxygen atoms in total. The van der Waals surface area contributed by atoms with Crippen LogP contribution in [-0.2, 0) is 6.42 Å². The van der Waals surface area contributed by atoms with E-state index in [1.54, 1.807) is 19.1 Å². The molecule has 0 saturated carbocycles. The van der Waals surface area contributed by atoms with Crippen molar-refractivity contribution in [2.75, 3.05) is 0 Å². The van der Waals surface area contributed by atoms with Crippen LogP contribution in [0, 0.1) is 0 Å². The average Bonchev–Trinajstić information content (AvgIpc) is 2.89. The second-order valence-corrected chi connectivity index (χ2v) is 5.21. The first-order valence-electron chi connectivity index (χ1n) is 6.03. The summed E-state index contributed by atoms with van der Waals surface area (Å²) in [5.74, 6) is -0.436. The van der Waals surface area contributed by atoms with Gasteiger partial charge in [-0.15, -0.1) is 0 Å². The van der Waals surface area contributed by atoms with Gasteiger partial charge in [0.2, 0.25) is 5.88 Å². The molecule has 0 amide bonds. The van der Waals surface area contributed by atoms with Gasteiger partial charge in [0.15, 0.2) is 0 Å². The van der Waals surface area contributed by atoms with Crippen LogP contribution in [0.3, 0.4) is 0 Å². The third-order valence-corrected chi connectivity index (χ3v) is 3.96. The highest BCUT2D eigenvalue weighted by molar-refractivity contribution is 7.00. The Bertz CT molecular complexity index is 959. The molecule has 108 valence electrons. The summed E-state index contributed by atoms with van der Waals surface area (Å²) in [6.07, 6.45) is 0.268. The van der Waals surface area contributed by atoms with Crippen molar-refractivity contribution in [3.05, 3.63) is 43.6 Å². The van der Waals surface area contributed by atoms with Crippen molar-refractivity contribution >= 4 is 34.4 Å². The van der Waals surface area contributed by atoms with E-state index < -0.39 is 17.1 Å². The van der Waals surface area contributed by atoms with E-state index in [4.69, 9.17) is 11.6 Å². The molecule has 0 radical (unpaired) electrons. The Kier molecular flexibility index (Phi) is 3.26. The van der Waals surface area contributed by atoms with Crippen molar-refractivity contribution < 1.29 is 5.11 Å². The van der Waals surface area contributed by atoms with Gasteiger partial charge in [0.05, 0.1) is 22.3 Å². The zero-order chi connectivity index (χ0) is 15.1. The molecule has 2 heterocycles. The lowest BCUT2D eigenvalue weighted by molar-refractivity contribution is 0.424. The normalized spacial score (nSPS) is 11.1. The van der Waals surface area contributed by atoms with E-state index in [1.165, 1.54) is 0 Å². The van der Waals surface area contributed by atoms with Gasteiger partial charge in [0, 0.05) is 0 Å². The van der Waals surface area contributed by atoms with Crippen LogP contribution < -0.4 is 11.2 Å². The number of hydrogen-bond donors (Lipinski definition) is 2. The molecule has 21 heavy (non-hydrogen) atoms. The number of aromatic hydroxyl groups is 1. The number of nitrogens with zero attached hydrogens (tertiary/aromatic N) is 3. The summed E-state index contributed by atoms with van der Waals surface area (Å²) in [6, 6.07) is 3.22. The summed E-state index contributed by atoms with van der Waals surface area (Å²) in [7, 11) is 0. The fraction of sp³-hybridized carbons (Fsp3) is 0.167. The lowest BCUT2D eigenvalue weighted by Gasteiger charge is -2.12. The van der Waals surface area contributed by atoms with Crippen LogP contribution in [0.1, 0.15) is 12.5 Å². The first kappa shape index (κ1) is 13.8. The predicted molar refractivity (Wildman–Crippen MR) is 79.7 cm³/mol. The van der Waals surface area contributed by atoms with Crippen molar-refractivity contribution in [1.29, 1.82) is 0 Å². The van der Waals surface area contributed by atoms with Crippen LogP contribution in [0.5, 0.6) is 5.88 Å². The molecule has 0 bridgehead atoms. The van der Waals surface area contributed by atoms with Crippen molar-refractivity contribution in [3.63, 3.8) is 0 Å². The van der Waals surface area contributed by atoms with E-state index >= 15 is 0 Å². The largest absolute Gasteiger partial charge is 0.494 e. The van der Waals surface area contributed by atoms with E-state index in [0.717, 1.165) is 16.3 Å². The maximum Gasteiger partial charge on any atom is 0.335 e. The highest BCUT2D eigenvalue weighted by atomic mass is 35.5. The Labute approximate surface area is 126 Å². The molecule has 2 N–H and O–H groups in total. The van der Waals surface area contributed by atoms with Gasteiger partial charge in [0.25, 0.3) is 5.56 Å². The van der Waals surface area contributed by atoms with E-state index in [9.17, 15) is 14.7 Å². The molecule has 0 atom stereocenters. The average molecular weight is 325 g/mol. The number of aromatic amines is 1. The third kappa shape index (κ3) is 2.03. The molecule has 3 rings (SSSR count). The summed E-state index contributed by atoms with van der Waals surface area (Å²) in [4.78, 5) is 25.9. The number of halogens is 1. The van der Waals surface area contributed by atoms with E-state index in [1.807, 2.05) is 0 Å². The molecule has 0 unspecified atom stereocenters. The van der Waals surface area contributed by atoms with Gasteiger partial charge < -0.3 is 5.11 Å². The summed E-state index contributed by atoms with van der Waals surface area (Å²) in [5.41, 5.74) is -0.149. The smallest absolute Gasteiger partial charge is 0.335 e. The third-order valence-electron chi connectivity index (χ3n) is 3.11. The quantitative estimate of drug-likeness (QED) is 0.743. The lowest BCUT2D eigenvalue weighted by atomic mass is 10.2. The van der Waals surface area contributed by atoms with Crippen molar-refractivity contribution in [3.8, 4) is 11.6 Å². The monoisotopic (exact) mass is 324 g/mol. The summed E-state index contributed by atoms with van der Waals surface area (Å²) in [6.45, 7) is 1.70. The Morgan fingerprint density at radius 2 is 2.14 bits per heavy atom. The van der Waals surface area contributed by atoms with Gasteiger partial charge >= 0.3 is 5.69 Å². The fourth-order valence-corrected chi connectivity index (χ4v) is 2.89. The Morgan fingerprint density at radius 3 is 2.86 bits per heavy atom. The zero-order valence-electron chi connectivity index (χ0n) is 10.8. The predicted octanol–water partition coefficient (Wildman–Crippen LogP) is 1.45. The number of hydrogen-bond acceptors (Lipinski definition) is 6. The molecular weight excluding hydrogens is 316 g/mol. The molecule has 0 aliphatic heterocycles. The highest BCUT2D eigenvalue weighted by Crippen LogP contribution is 2.30. The maximum absolute atomic E-state index is 12.1. The molecule has 9 heteroatoms. The number of benzene rings is 1. The first-order valence-corrected chi connectivity index (χ1v) is 7.13. The molecule has 0 fully saturated rings. The van der Waals surface area contributed by atoms with Crippen LogP contribution in [0.4, 0.5) is 0 Å². The number of H-pyrrole nitrogens is 1. The second-order valence-electron chi connectivity index (χ2n) is 4.28. The van der Waals surface area contributed by atoms with Gasteiger partial charge in [-0.25, -0.2) is 9.36 Å². The lowest BCUT2D eigenvalue weighted by Crippen LogP contribution is -2.31. The molecule has 0 aliphatic carbocycles. The van der Waals surface area contributed by atoms with Crippen LogP contribution in [0.25, 0.3) is 16.7 Å². The molecule has 1 aromatic carbocycles.